The molecule has 0 aliphatic carbocycles. The number of ether oxygens (including phenoxy) is 1. The van der Waals surface area contributed by atoms with Gasteiger partial charge in [-0.05, 0) is 51.7 Å². The van der Waals surface area contributed by atoms with Crippen molar-refractivity contribution in [2.45, 2.75) is 90.4 Å². The molecule has 1 saturated heterocycles. The van der Waals surface area contributed by atoms with Crippen molar-refractivity contribution in [1.82, 2.24) is 4.90 Å². The molecule has 130 valence electrons. The van der Waals surface area contributed by atoms with Gasteiger partial charge in [0.05, 0.1) is 12.6 Å². The first kappa shape index (κ1) is 19.5. The summed E-state index contributed by atoms with van der Waals surface area (Å²) in [5.41, 5.74) is -0.565. The third-order valence-corrected chi connectivity index (χ3v) is 9.02. The number of nitrogens with zero attached hydrogens (tertiary/aromatic N) is 1. The van der Waals surface area contributed by atoms with Crippen molar-refractivity contribution in [2.75, 3.05) is 6.61 Å². The van der Waals surface area contributed by atoms with Crippen LogP contribution in [0.2, 0.25) is 18.1 Å². The topological polar surface area (TPSA) is 59.0 Å². The van der Waals surface area contributed by atoms with E-state index in [1.165, 1.54) is 4.90 Å². The van der Waals surface area contributed by atoms with Crippen molar-refractivity contribution in [2.24, 2.45) is 0 Å². The predicted octanol–water partition coefficient (Wildman–Crippen LogP) is 3.73. The van der Waals surface area contributed by atoms with E-state index in [2.05, 4.69) is 33.9 Å². The Balaban J connectivity index is 2.72. The molecule has 0 spiro atoms. The second-order valence-corrected chi connectivity index (χ2v) is 13.5. The number of aliphatic hydroxyl groups excluding tert-OH is 1. The third-order valence-electron chi connectivity index (χ3n) is 4.52. The highest BCUT2D eigenvalue weighted by atomic mass is 28.4. The summed E-state index contributed by atoms with van der Waals surface area (Å²) in [6.45, 7) is 16.9. The van der Waals surface area contributed by atoms with Gasteiger partial charge in [-0.25, -0.2) is 4.79 Å². The van der Waals surface area contributed by atoms with Crippen LogP contribution >= 0.6 is 0 Å². The Morgan fingerprint density at radius 3 is 2.18 bits per heavy atom. The highest BCUT2D eigenvalue weighted by Gasteiger charge is 2.42. The molecule has 1 aliphatic rings. The minimum atomic E-state index is -1.87. The lowest BCUT2D eigenvalue weighted by atomic mass is 10.2. The van der Waals surface area contributed by atoms with Crippen molar-refractivity contribution >= 4 is 14.4 Å². The molecule has 2 atom stereocenters. The number of aliphatic hydroxyl groups is 1. The maximum atomic E-state index is 12.3. The molecule has 0 unspecified atom stereocenters. The lowest BCUT2D eigenvalue weighted by Crippen LogP contribution is -2.49. The molecule has 1 amide bonds. The van der Waals surface area contributed by atoms with E-state index in [9.17, 15) is 9.90 Å². The maximum absolute atomic E-state index is 12.3. The smallest absolute Gasteiger partial charge is 0.412 e. The average Bonchev–Trinajstić information content (AvgIpc) is 2.64. The predicted molar refractivity (Wildman–Crippen MR) is 90.3 cm³/mol. The Morgan fingerprint density at radius 2 is 1.73 bits per heavy atom. The van der Waals surface area contributed by atoms with Crippen molar-refractivity contribution in [3.05, 3.63) is 0 Å². The van der Waals surface area contributed by atoms with Gasteiger partial charge in [0, 0.05) is 0 Å². The molecule has 22 heavy (non-hydrogen) atoms. The van der Waals surface area contributed by atoms with Crippen LogP contribution in [0.3, 0.4) is 0 Å². The number of carbonyl (C=O) groups excluding carboxylic acids is 1. The summed E-state index contributed by atoms with van der Waals surface area (Å²) >= 11 is 0. The van der Waals surface area contributed by atoms with Crippen LogP contribution in [0.4, 0.5) is 4.79 Å². The Bertz CT molecular complexity index is 398. The second-order valence-electron chi connectivity index (χ2n) is 8.67. The summed E-state index contributed by atoms with van der Waals surface area (Å²) < 4.78 is 11.6. The summed E-state index contributed by atoms with van der Waals surface area (Å²) in [6, 6.07) is -0.112. The van der Waals surface area contributed by atoms with Crippen LogP contribution in [0.15, 0.2) is 0 Å². The highest BCUT2D eigenvalue weighted by molar-refractivity contribution is 6.74. The average molecular weight is 332 g/mol. The fraction of sp³-hybridized carbons (Fsp3) is 0.938. The van der Waals surface area contributed by atoms with Crippen LogP contribution in [-0.2, 0) is 9.16 Å². The Kier molecular flexibility index (Phi) is 5.74. The second kappa shape index (κ2) is 6.49. The van der Waals surface area contributed by atoms with Crippen LogP contribution in [0.1, 0.15) is 54.4 Å². The third kappa shape index (κ3) is 4.96. The number of amides is 1. The van der Waals surface area contributed by atoms with Gasteiger partial charge in [0.2, 0.25) is 0 Å². The molecule has 0 radical (unpaired) electrons. The molecule has 1 fully saturated rings. The summed E-state index contributed by atoms with van der Waals surface area (Å²) in [5, 5.41) is 10.2. The first-order valence-corrected chi connectivity index (χ1v) is 11.0. The van der Waals surface area contributed by atoms with E-state index >= 15 is 0 Å². The molecule has 1 rings (SSSR count). The number of hydrogen-bond acceptors (Lipinski definition) is 4. The number of likely N-dealkylation sites (tertiary alicyclic amines) is 1. The van der Waals surface area contributed by atoms with Crippen molar-refractivity contribution in [1.29, 1.82) is 0 Å². The molecule has 0 saturated carbocycles. The standard InChI is InChI=1S/C16H33NO4Si/c1-15(2,3)21-14(19)17-12(9-10-13(17)18)11-20-22(7,8)16(4,5)6/h12-13,18H,9-11H2,1-8H3/t12-,13-/m1/s1. The zero-order chi connectivity index (χ0) is 17.3. The largest absolute Gasteiger partial charge is 0.444 e. The molecule has 0 aromatic rings. The lowest BCUT2D eigenvalue weighted by molar-refractivity contribution is -0.0296. The quantitative estimate of drug-likeness (QED) is 0.801. The SMILES string of the molecule is CC(C)(C)OC(=O)N1[C@@H](CO[Si](C)(C)C(C)(C)C)CC[C@H]1O. The fourth-order valence-corrected chi connectivity index (χ4v) is 3.18. The minimum Gasteiger partial charge on any atom is -0.444 e. The van der Waals surface area contributed by atoms with Gasteiger partial charge in [0.25, 0.3) is 0 Å². The number of carbonyl (C=O) groups is 1. The van der Waals surface area contributed by atoms with Gasteiger partial charge in [-0.2, -0.15) is 0 Å². The Labute approximate surface area is 136 Å². The van der Waals surface area contributed by atoms with Crippen LogP contribution in [0, 0.1) is 0 Å². The minimum absolute atomic E-state index is 0.112. The lowest BCUT2D eigenvalue weighted by Gasteiger charge is -2.38. The van der Waals surface area contributed by atoms with Crippen LogP contribution < -0.4 is 0 Å². The fourth-order valence-electron chi connectivity index (χ4n) is 2.13. The molecule has 1 aliphatic heterocycles. The van der Waals surface area contributed by atoms with Crippen molar-refractivity contribution in [3.63, 3.8) is 0 Å². The molecule has 6 heteroatoms. The summed E-state index contributed by atoms with van der Waals surface area (Å²) in [5.74, 6) is 0. The van der Waals surface area contributed by atoms with E-state index < -0.39 is 26.2 Å². The molecule has 5 nitrogen and oxygen atoms in total. The van der Waals surface area contributed by atoms with Gasteiger partial charge < -0.3 is 14.3 Å². The van der Waals surface area contributed by atoms with E-state index in [-0.39, 0.29) is 11.1 Å². The molecule has 1 N–H and O–H groups in total. The van der Waals surface area contributed by atoms with E-state index in [0.29, 0.717) is 13.0 Å². The van der Waals surface area contributed by atoms with Crippen LogP contribution in [0.25, 0.3) is 0 Å². The first-order chi connectivity index (χ1) is 9.74. The van der Waals surface area contributed by atoms with Gasteiger partial charge in [0.1, 0.15) is 11.8 Å². The van der Waals surface area contributed by atoms with Gasteiger partial charge in [-0.15, -0.1) is 0 Å². The van der Waals surface area contributed by atoms with Gasteiger partial charge >= 0.3 is 6.09 Å². The normalized spacial score (nSPS) is 23.8. The summed E-state index contributed by atoms with van der Waals surface area (Å²) in [6.07, 6.45) is 0.0870. The van der Waals surface area contributed by atoms with Gasteiger partial charge in [-0.3, -0.25) is 4.90 Å². The van der Waals surface area contributed by atoms with Crippen LogP contribution in [0.5, 0.6) is 0 Å². The maximum Gasteiger partial charge on any atom is 0.412 e. The van der Waals surface area contributed by atoms with Crippen LogP contribution in [-0.4, -0.2) is 48.9 Å². The van der Waals surface area contributed by atoms with E-state index in [1.807, 2.05) is 20.8 Å². The summed E-state index contributed by atoms with van der Waals surface area (Å²) in [7, 11) is -1.87. The Morgan fingerprint density at radius 1 is 1.18 bits per heavy atom. The Hall–Kier alpha value is -0.593. The van der Waals surface area contributed by atoms with Crippen molar-refractivity contribution < 1.29 is 19.1 Å². The van der Waals surface area contributed by atoms with E-state index in [1.54, 1.807) is 0 Å². The van der Waals surface area contributed by atoms with Gasteiger partial charge in [-0.1, -0.05) is 20.8 Å². The molecule has 0 aromatic carbocycles. The molecule has 1 heterocycles. The molecule has 0 aromatic heterocycles. The zero-order valence-electron chi connectivity index (χ0n) is 15.4. The monoisotopic (exact) mass is 331 g/mol. The zero-order valence-corrected chi connectivity index (χ0v) is 16.4. The number of rotatable bonds is 3. The molecular formula is C16H33NO4Si. The van der Waals surface area contributed by atoms with Gasteiger partial charge in [0.15, 0.2) is 8.32 Å². The first-order valence-electron chi connectivity index (χ1n) is 8.08. The molecule has 0 bridgehead atoms. The number of hydrogen-bond donors (Lipinski definition) is 1. The highest BCUT2D eigenvalue weighted by Crippen LogP contribution is 2.37. The van der Waals surface area contributed by atoms with E-state index in [0.717, 1.165) is 6.42 Å². The van der Waals surface area contributed by atoms with E-state index in [4.69, 9.17) is 9.16 Å². The summed E-state index contributed by atoms with van der Waals surface area (Å²) in [4.78, 5) is 13.7. The van der Waals surface area contributed by atoms with Crippen molar-refractivity contribution in [3.8, 4) is 0 Å². The molecular weight excluding hydrogens is 298 g/mol.